The summed E-state index contributed by atoms with van der Waals surface area (Å²) >= 11 is 0. The first-order valence-corrected chi connectivity index (χ1v) is 7.39. The standard InChI is InChI=1S/C17H20N4O/c1-13(2)12-21(10-6-9-18)17(22)16-11-15(19-20-16)14-7-4-3-5-8-14/h3-5,7-8,11,13H,6,10,12H2,1-2H3,(H,19,20). The molecule has 0 unspecified atom stereocenters. The number of nitriles is 1. The molecule has 0 aliphatic rings. The Balaban J connectivity index is 2.17. The molecule has 0 saturated carbocycles. The van der Waals surface area contributed by atoms with Crippen LogP contribution >= 0.6 is 0 Å². The molecule has 0 aliphatic heterocycles. The molecule has 1 aromatic heterocycles. The lowest BCUT2D eigenvalue weighted by molar-refractivity contribution is 0.0734. The summed E-state index contributed by atoms with van der Waals surface area (Å²) < 4.78 is 0. The molecule has 2 aromatic rings. The smallest absolute Gasteiger partial charge is 0.271 e. The van der Waals surface area contributed by atoms with E-state index >= 15 is 0 Å². The van der Waals surface area contributed by atoms with Gasteiger partial charge in [0.15, 0.2) is 0 Å². The molecule has 1 amide bonds. The van der Waals surface area contributed by atoms with Gasteiger partial charge in [-0.1, -0.05) is 44.2 Å². The monoisotopic (exact) mass is 296 g/mol. The Morgan fingerprint density at radius 1 is 1.36 bits per heavy atom. The Morgan fingerprint density at radius 3 is 2.73 bits per heavy atom. The summed E-state index contributed by atoms with van der Waals surface area (Å²) in [7, 11) is 0. The van der Waals surface area contributed by atoms with Gasteiger partial charge in [0.05, 0.1) is 18.2 Å². The highest BCUT2D eigenvalue weighted by Crippen LogP contribution is 2.18. The van der Waals surface area contributed by atoms with Gasteiger partial charge >= 0.3 is 0 Å². The molecule has 0 radical (unpaired) electrons. The van der Waals surface area contributed by atoms with Crippen molar-refractivity contribution in [3.05, 3.63) is 42.1 Å². The molecule has 0 atom stereocenters. The average molecular weight is 296 g/mol. The Bertz CT molecular complexity index is 655. The van der Waals surface area contributed by atoms with Crippen LogP contribution in [0.2, 0.25) is 0 Å². The maximum Gasteiger partial charge on any atom is 0.271 e. The normalized spacial score (nSPS) is 10.5. The molecule has 1 heterocycles. The SMILES string of the molecule is CC(C)CN(CCC#N)C(=O)c1cc(-c2ccccc2)n[nH]1. The minimum atomic E-state index is -0.112. The summed E-state index contributed by atoms with van der Waals surface area (Å²) in [5.74, 6) is 0.234. The van der Waals surface area contributed by atoms with Crippen LogP contribution in [0.1, 0.15) is 30.8 Å². The molecule has 2 rings (SSSR count). The topological polar surface area (TPSA) is 72.8 Å². The van der Waals surface area contributed by atoms with Crippen LogP contribution in [0.25, 0.3) is 11.3 Å². The zero-order valence-electron chi connectivity index (χ0n) is 12.9. The van der Waals surface area contributed by atoms with E-state index in [1.165, 1.54) is 0 Å². The Labute approximate surface area is 130 Å². The third-order valence-electron chi connectivity index (χ3n) is 3.24. The minimum Gasteiger partial charge on any atom is -0.336 e. The van der Waals surface area contributed by atoms with Crippen molar-refractivity contribution in [2.75, 3.05) is 13.1 Å². The number of H-pyrrole nitrogens is 1. The van der Waals surface area contributed by atoms with Crippen LogP contribution in [0.15, 0.2) is 36.4 Å². The highest BCUT2D eigenvalue weighted by Gasteiger charge is 2.19. The van der Waals surface area contributed by atoms with Gasteiger partial charge in [-0.3, -0.25) is 9.89 Å². The van der Waals surface area contributed by atoms with Crippen molar-refractivity contribution in [1.82, 2.24) is 15.1 Å². The summed E-state index contributed by atoms with van der Waals surface area (Å²) in [6.45, 7) is 5.16. The zero-order chi connectivity index (χ0) is 15.9. The Morgan fingerprint density at radius 2 is 2.09 bits per heavy atom. The van der Waals surface area contributed by atoms with Gasteiger partial charge < -0.3 is 4.90 Å². The van der Waals surface area contributed by atoms with Gasteiger partial charge in [0, 0.05) is 18.7 Å². The second kappa shape index (κ2) is 7.41. The summed E-state index contributed by atoms with van der Waals surface area (Å²) in [5.41, 5.74) is 2.16. The second-order valence-electron chi connectivity index (χ2n) is 5.59. The minimum absolute atomic E-state index is 0.112. The lowest BCUT2D eigenvalue weighted by Gasteiger charge is -2.22. The van der Waals surface area contributed by atoms with Crippen LogP contribution in [0.3, 0.4) is 0 Å². The molecule has 0 bridgehead atoms. The van der Waals surface area contributed by atoms with Gasteiger partial charge in [-0.05, 0) is 12.0 Å². The lowest BCUT2D eigenvalue weighted by Crippen LogP contribution is -2.35. The number of carbonyl (C=O) groups excluding carboxylic acids is 1. The van der Waals surface area contributed by atoms with Crippen LogP contribution in [-0.4, -0.2) is 34.1 Å². The quantitative estimate of drug-likeness (QED) is 0.890. The van der Waals surface area contributed by atoms with E-state index in [0.29, 0.717) is 31.1 Å². The maximum atomic E-state index is 12.6. The van der Waals surface area contributed by atoms with Crippen LogP contribution in [-0.2, 0) is 0 Å². The predicted molar refractivity (Wildman–Crippen MR) is 85.0 cm³/mol. The molecule has 0 fully saturated rings. The second-order valence-corrected chi connectivity index (χ2v) is 5.59. The molecule has 114 valence electrons. The van der Waals surface area contributed by atoms with Crippen LogP contribution in [0.4, 0.5) is 0 Å². The molecule has 0 saturated heterocycles. The van der Waals surface area contributed by atoms with Crippen molar-refractivity contribution < 1.29 is 4.79 Å². The highest BCUT2D eigenvalue weighted by atomic mass is 16.2. The highest BCUT2D eigenvalue weighted by molar-refractivity contribution is 5.93. The fourth-order valence-corrected chi connectivity index (χ4v) is 2.26. The van der Waals surface area contributed by atoms with E-state index in [9.17, 15) is 4.79 Å². The van der Waals surface area contributed by atoms with Gasteiger partial charge in [0.2, 0.25) is 0 Å². The molecule has 5 heteroatoms. The first kappa shape index (κ1) is 15.8. The fourth-order valence-electron chi connectivity index (χ4n) is 2.26. The van der Waals surface area contributed by atoms with Gasteiger partial charge in [0.25, 0.3) is 5.91 Å². The van der Waals surface area contributed by atoms with Crippen molar-refractivity contribution in [3.8, 4) is 17.3 Å². The predicted octanol–water partition coefficient (Wildman–Crippen LogP) is 3.09. The van der Waals surface area contributed by atoms with Crippen molar-refractivity contribution in [2.45, 2.75) is 20.3 Å². The molecule has 0 spiro atoms. The molecule has 1 aromatic carbocycles. The molecular formula is C17H20N4O. The molecular weight excluding hydrogens is 276 g/mol. The van der Waals surface area contributed by atoms with Gasteiger partial charge in [0.1, 0.15) is 5.69 Å². The number of hydrogen-bond donors (Lipinski definition) is 1. The average Bonchev–Trinajstić information content (AvgIpc) is 3.01. The van der Waals surface area contributed by atoms with E-state index in [2.05, 4.69) is 30.1 Å². The van der Waals surface area contributed by atoms with Gasteiger partial charge in [-0.15, -0.1) is 0 Å². The Hall–Kier alpha value is -2.61. The van der Waals surface area contributed by atoms with E-state index in [1.54, 1.807) is 11.0 Å². The summed E-state index contributed by atoms with van der Waals surface area (Å²) in [6, 6.07) is 13.6. The van der Waals surface area contributed by atoms with Crippen LogP contribution in [0.5, 0.6) is 0 Å². The lowest BCUT2D eigenvalue weighted by atomic mass is 10.1. The number of rotatable bonds is 6. The van der Waals surface area contributed by atoms with Crippen molar-refractivity contribution in [1.29, 1.82) is 5.26 Å². The molecule has 0 aliphatic carbocycles. The number of hydrogen-bond acceptors (Lipinski definition) is 3. The molecule has 5 nitrogen and oxygen atoms in total. The summed E-state index contributed by atoms with van der Waals surface area (Å²) in [6.07, 6.45) is 0.331. The van der Waals surface area contributed by atoms with E-state index < -0.39 is 0 Å². The van der Waals surface area contributed by atoms with E-state index in [1.807, 2.05) is 30.3 Å². The third-order valence-corrected chi connectivity index (χ3v) is 3.24. The van der Waals surface area contributed by atoms with Gasteiger partial charge in [-0.2, -0.15) is 10.4 Å². The van der Waals surface area contributed by atoms with E-state index in [0.717, 1.165) is 11.3 Å². The number of aromatic amines is 1. The number of nitrogens with one attached hydrogen (secondary N) is 1. The maximum absolute atomic E-state index is 12.6. The number of carbonyl (C=O) groups is 1. The van der Waals surface area contributed by atoms with Crippen LogP contribution in [0, 0.1) is 17.2 Å². The number of aromatic nitrogens is 2. The number of nitrogens with zero attached hydrogens (tertiary/aromatic N) is 3. The van der Waals surface area contributed by atoms with E-state index in [-0.39, 0.29) is 5.91 Å². The van der Waals surface area contributed by atoms with Crippen molar-refractivity contribution in [3.63, 3.8) is 0 Å². The molecule has 1 N–H and O–H groups in total. The van der Waals surface area contributed by atoms with Crippen LogP contribution < -0.4 is 0 Å². The Kier molecular flexibility index (Phi) is 5.31. The zero-order valence-corrected chi connectivity index (χ0v) is 12.9. The summed E-state index contributed by atoms with van der Waals surface area (Å²) in [4.78, 5) is 14.3. The number of amides is 1. The third kappa shape index (κ3) is 3.95. The summed E-state index contributed by atoms with van der Waals surface area (Å²) in [5, 5.41) is 15.8. The van der Waals surface area contributed by atoms with E-state index in [4.69, 9.17) is 5.26 Å². The number of benzene rings is 1. The first-order valence-electron chi connectivity index (χ1n) is 7.39. The van der Waals surface area contributed by atoms with Crippen molar-refractivity contribution >= 4 is 5.91 Å². The fraction of sp³-hybridized carbons (Fsp3) is 0.353. The van der Waals surface area contributed by atoms with Crippen molar-refractivity contribution in [2.24, 2.45) is 5.92 Å². The van der Waals surface area contributed by atoms with Gasteiger partial charge in [-0.25, -0.2) is 0 Å². The molecule has 22 heavy (non-hydrogen) atoms. The first-order chi connectivity index (χ1) is 10.6. The largest absolute Gasteiger partial charge is 0.336 e.